The van der Waals surface area contributed by atoms with Gasteiger partial charge in [0.2, 0.25) is 0 Å². The van der Waals surface area contributed by atoms with Gasteiger partial charge < -0.3 is 10.1 Å². The highest BCUT2D eigenvalue weighted by Crippen LogP contribution is 2.25. The molecule has 0 bridgehead atoms. The van der Waals surface area contributed by atoms with Crippen LogP contribution in [-0.4, -0.2) is 19.3 Å². The van der Waals surface area contributed by atoms with Crippen molar-refractivity contribution in [3.05, 3.63) is 28.8 Å². The van der Waals surface area contributed by atoms with Crippen LogP contribution >= 0.6 is 11.6 Å². The van der Waals surface area contributed by atoms with Crippen molar-refractivity contribution in [2.45, 2.75) is 26.1 Å². The van der Waals surface area contributed by atoms with E-state index in [1.165, 1.54) is 0 Å². The SMILES string of the molecule is CCNCc1cc(Cl)ccc1OCCC(F)(F)F. The topological polar surface area (TPSA) is 21.3 Å². The molecule has 1 rings (SSSR count). The molecule has 0 atom stereocenters. The first-order valence-corrected chi connectivity index (χ1v) is 5.99. The highest BCUT2D eigenvalue weighted by Gasteiger charge is 2.26. The Morgan fingerprint density at radius 1 is 1.33 bits per heavy atom. The Balaban J connectivity index is 2.63. The normalized spacial score (nSPS) is 11.6. The highest BCUT2D eigenvalue weighted by atomic mass is 35.5. The first-order chi connectivity index (χ1) is 8.42. The van der Waals surface area contributed by atoms with Gasteiger partial charge >= 0.3 is 6.18 Å². The number of hydrogen-bond donors (Lipinski definition) is 1. The monoisotopic (exact) mass is 281 g/mol. The number of halogens is 4. The Kier molecular flexibility index (Phi) is 5.75. The van der Waals surface area contributed by atoms with E-state index in [9.17, 15) is 13.2 Å². The minimum atomic E-state index is -4.20. The van der Waals surface area contributed by atoms with Crippen LogP contribution in [0.4, 0.5) is 13.2 Å². The maximum atomic E-state index is 12.0. The van der Waals surface area contributed by atoms with Crippen molar-refractivity contribution in [1.29, 1.82) is 0 Å². The van der Waals surface area contributed by atoms with E-state index in [2.05, 4.69) is 5.32 Å². The largest absolute Gasteiger partial charge is 0.493 e. The van der Waals surface area contributed by atoms with Crippen molar-refractivity contribution >= 4 is 11.6 Å². The first-order valence-electron chi connectivity index (χ1n) is 5.61. The van der Waals surface area contributed by atoms with Gasteiger partial charge in [0.1, 0.15) is 5.75 Å². The lowest BCUT2D eigenvalue weighted by atomic mass is 10.2. The van der Waals surface area contributed by atoms with Crippen molar-refractivity contribution < 1.29 is 17.9 Å². The third kappa shape index (κ3) is 5.60. The minimum absolute atomic E-state index is 0.385. The van der Waals surface area contributed by atoms with Crippen LogP contribution in [0, 0.1) is 0 Å². The predicted molar refractivity (Wildman–Crippen MR) is 65.0 cm³/mol. The molecule has 0 radical (unpaired) electrons. The van der Waals surface area contributed by atoms with Crippen LogP contribution in [0.2, 0.25) is 5.02 Å². The van der Waals surface area contributed by atoms with E-state index in [-0.39, 0.29) is 6.61 Å². The zero-order valence-electron chi connectivity index (χ0n) is 9.98. The van der Waals surface area contributed by atoms with Gasteiger partial charge in [0, 0.05) is 17.1 Å². The summed E-state index contributed by atoms with van der Waals surface area (Å²) in [5, 5.41) is 3.61. The van der Waals surface area contributed by atoms with Crippen LogP contribution < -0.4 is 10.1 Å². The lowest BCUT2D eigenvalue weighted by molar-refractivity contribution is -0.139. The number of nitrogens with one attached hydrogen (secondary N) is 1. The van der Waals surface area contributed by atoms with Crippen molar-refractivity contribution in [3.63, 3.8) is 0 Å². The van der Waals surface area contributed by atoms with Crippen molar-refractivity contribution in [1.82, 2.24) is 5.32 Å². The molecular formula is C12H15ClF3NO. The van der Waals surface area contributed by atoms with E-state index in [4.69, 9.17) is 16.3 Å². The van der Waals surface area contributed by atoms with Crippen LogP contribution in [0.3, 0.4) is 0 Å². The fourth-order valence-corrected chi connectivity index (χ4v) is 1.56. The molecule has 0 saturated carbocycles. The Hall–Kier alpha value is -0.940. The van der Waals surface area contributed by atoms with Gasteiger partial charge in [-0.05, 0) is 24.7 Å². The van der Waals surface area contributed by atoms with E-state index < -0.39 is 12.6 Å². The third-order valence-corrected chi connectivity index (χ3v) is 2.47. The van der Waals surface area contributed by atoms with E-state index in [1.54, 1.807) is 18.2 Å². The second-order valence-electron chi connectivity index (χ2n) is 3.75. The molecule has 0 saturated heterocycles. The molecule has 0 heterocycles. The number of rotatable bonds is 6. The summed E-state index contributed by atoms with van der Waals surface area (Å²) in [6.45, 7) is 2.83. The van der Waals surface area contributed by atoms with E-state index in [0.29, 0.717) is 17.3 Å². The van der Waals surface area contributed by atoms with Gasteiger partial charge in [0.05, 0.1) is 13.0 Å². The molecule has 0 aromatic heterocycles. The van der Waals surface area contributed by atoms with Gasteiger partial charge in [0.25, 0.3) is 0 Å². The average Bonchev–Trinajstić information content (AvgIpc) is 2.27. The molecule has 0 unspecified atom stereocenters. The molecule has 2 nitrogen and oxygen atoms in total. The van der Waals surface area contributed by atoms with Crippen molar-refractivity contribution in [2.24, 2.45) is 0 Å². The Labute approximate surface area is 109 Å². The van der Waals surface area contributed by atoms with Gasteiger partial charge in [-0.15, -0.1) is 0 Å². The lowest BCUT2D eigenvalue weighted by Crippen LogP contribution is -2.15. The molecule has 18 heavy (non-hydrogen) atoms. The summed E-state index contributed by atoms with van der Waals surface area (Å²) >= 11 is 5.84. The molecule has 0 spiro atoms. The average molecular weight is 282 g/mol. The van der Waals surface area contributed by atoms with Gasteiger partial charge in [-0.1, -0.05) is 18.5 Å². The fraction of sp³-hybridized carbons (Fsp3) is 0.500. The molecule has 6 heteroatoms. The van der Waals surface area contributed by atoms with Crippen molar-refractivity contribution in [2.75, 3.05) is 13.2 Å². The summed E-state index contributed by atoms with van der Waals surface area (Å²) in [5.41, 5.74) is 0.756. The Morgan fingerprint density at radius 2 is 2.06 bits per heavy atom. The zero-order valence-corrected chi connectivity index (χ0v) is 10.7. The minimum Gasteiger partial charge on any atom is -0.493 e. The molecule has 0 aliphatic carbocycles. The highest BCUT2D eigenvalue weighted by molar-refractivity contribution is 6.30. The van der Waals surface area contributed by atoms with Gasteiger partial charge in [-0.3, -0.25) is 0 Å². The summed E-state index contributed by atoms with van der Waals surface area (Å²) in [4.78, 5) is 0. The lowest BCUT2D eigenvalue weighted by Gasteiger charge is -2.13. The number of ether oxygens (including phenoxy) is 1. The summed E-state index contributed by atoms with van der Waals surface area (Å²) in [6, 6.07) is 4.87. The number of hydrogen-bond acceptors (Lipinski definition) is 2. The first kappa shape index (κ1) is 15.1. The molecular weight excluding hydrogens is 267 g/mol. The second kappa shape index (κ2) is 6.85. The summed E-state index contributed by atoms with van der Waals surface area (Å²) in [7, 11) is 0. The van der Waals surface area contributed by atoms with Gasteiger partial charge in [-0.2, -0.15) is 13.2 Å². The van der Waals surface area contributed by atoms with E-state index in [1.807, 2.05) is 6.92 Å². The van der Waals surface area contributed by atoms with Gasteiger partial charge in [0.15, 0.2) is 0 Å². The molecule has 0 fully saturated rings. The van der Waals surface area contributed by atoms with Crippen LogP contribution in [-0.2, 0) is 6.54 Å². The van der Waals surface area contributed by atoms with E-state index in [0.717, 1.165) is 12.1 Å². The molecule has 102 valence electrons. The smallest absolute Gasteiger partial charge is 0.392 e. The molecule has 1 aromatic carbocycles. The molecule has 1 aromatic rings. The molecule has 0 aliphatic rings. The summed E-state index contributed by atoms with van der Waals surface area (Å²) in [5.74, 6) is 0.435. The maximum Gasteiger partial charge on any atom is 0.392 e. The number of alkyl halides is 3. The van der Waals surface area contributed by atoms with Crippen LogP contribution in [0.5, 0.6) is 5.75 Å². The van der Waals surface area contributed by atoms with Crippen LogP contribution in [0.15, 0.2) is 18.2 Å². The Morgan fingerprint density at radius 3 is 2.67 bits per heavy atom. The summed E-state index contributed by atoms with van der Waals surface area (Å²) in [6.07, 6.45) is -5.16. The second-order valence-corrected chi connectivity index (χ2v) is 4.18. The van der Waals surface area contributed by atoms with Crippen LogP contribution in [0.25, 0.3) is 0 Å². The molecule has 0 aliphatic heterocycles. The fourth-order valence-electron chi connectivity index (χ4n) is 1.36. The predicted octanol–water partition coefficient (Wildman–Crippen LogP) is 3.78. The zero-order chi connectivity index (χ0) is 13.6. The maximum absolute atomic E-state index is 12.0. The third-order valence-electron chi connectivity index (χ3n) is 2.23. The van der Waals surface area contributed by atoms with Crippen LogP contribution in [0.1, 0.15) is 18.9 Å². The van der Waals surface area contributed by atoms with Gasteiger partial charge in [-0.25, -0.2) is 0 Å². The Bertz CT molecular complexity index is 382. The number of benzene rings is 1. The van der Waals surface area contributed by atoms with E-state index >= 15 is 0 Å². The summed E-state index contributed by atoms with van der Waals surface area (Å²) < 4.78 is 41.2. The quantitative estimate of drug-likeness (QED) is 0.857. The van der Waals surface area contributed by atoms with Crippen molar-refractivity contribution in [3.8, 4) is 5.75 Å². The molecule has 0 amide bonds. The molecule has 1 N–H and O–H groups in total. The standard InChI is InChI=1S/C12H15ClF3NO/c1-2-17-8-9-7-10(13)3-4-11(9)18-6-5-12(14,15)16/h3-4,7,17H,2,5-6,8H2,1H3.